The highest BCUT2D eigenvalue weighted by Gasteiger charge is 2.32. The minimum Gasteiger partial charge on any atom is -0.445 e. The maximum absolute atomic E-state index is 12.6. The van der Waals surface area contributed by atoms with Crippen LogP contribution < -0.4 is 11.1 Å². The number of hydrogen-bond acceptors (Lipinski definition) is 3. The summed E-state index contributed by atoms with van der Waals surface area (Å²) in [5, 5.41) is 2.54. The van der Waals surface area contributed by atoms with Crippen molar-refractivity contribution in [3.63, 3.8) is 0 Å². The number of ether oxygens (including phenoxy) is 1. The molecule has 4 nitrogen and oxygen atoms in total. The van der Waals surface area contributed by atoms with E-state index in [-0.39, 0.29) is 18.8 Å². The third-order valence-electron chi connectivity index (χ3n) is 3.32. The van der Waals surface area contributed by atoms with E-state index in [1.165, 1.54) is 12.1 Å². The Kier molecular flexibility index (Phi) is 6.50. The Bertz CT molecular complexity index is 809. The lowest BCUT2D eigenvalue weighted by Crippen LogP contribution is -2.24. The fourth-order valence-electron chi connectivity index (χ4n) is 2.06. The summed E-state index contributed by atoms with van der Waals surface area (Å²) in [4.78, 5) is 11.5. The van der Waals surface area contributed by atoms with Crippen LogP contribution in [0.2, 0.25) is 0 Å². The Morgan fingerprint density at radius 1 is 1.15 bits per heavy atom. The number of nitrogen functional groups attached to an aromatic ring is 1. The first kappa shape index (κ1) is 19.2. The first-order chi connectivity index (χ1) is 12.4. The number of carbonyl (C=O) groups is 1. The number of alkyl carbamates (subject to hydrolysis) is 1. The molecule has 0 spiro atoms. The van der Waals surface area contributed by atoms with Gasteiger partial charge in [-0.05, 0) is 23.8 Å². The summed E-state index contributed by atoms with van der Waals surface area (Å²) in [6.45, 7) is 0.430. The Morgan fingerprint density at radius 3 is 2.54 bits per heavy atom. The van der Waals surface area contributed by atoms with Gasteiger partial charge in [-0.3, -0.25) is 0 Å². The van der Waals surface area contributed by atoms with E-state index in [2.05, 4.69) is 17.2 Å². The van der Waals surface area contributed by atoms with E-state index in [0.717, 1.165) is 11.6 Å². The molecule has 0 bridgehead atoms. The van der Waals surface area contributed by atoms with Crippen molar-refractivity contribution in [1.82, 2.24) is 5.32 Å². The summed E-state index contributed by atoms with van der Waals surface area (Å²) >= 11 is 0. The van der Waals surface area contributed by atoms with Crippen molar-refractivity contribution in [2.75, 3.05) is 12.3 Å². The van der Waals surface area contributed by atoms with Crippen LogP contribution in [0.1, 0.15) is 23.1 Å². The molecule has 0 atom stereocenters. The number of halogens is 3. The van der Waals surface area contributed by atoms with Gasteiger partial charge in [0.15, 0.2) is 0 Å². The first-order valence-corrected chi connectivity index (χ1v) is 7.76. The summed E-state index contributed by atoms with van der Waals surface area (Å²) in [5.41, 5.74) is 5.40. The highest BCUT2D eigenvalue weighted by molar-refractivity contribution is 5.67. The molecule has 0 saturated carbocycles. The van der Waals surface area contributed by atoms with Crippen molar-refractivity contribution in [2.24, 2.45) is 0 Å². The quantitative estimate of drug-likeness (QED) is 0.492. The van der Waals surface area contributed by atoms with Crippen LogP contribution in [0.3, 0.4) is 0 Å². The maximum atomic E-state index is 12.6. The number of alkyl halides is 3. The molecule has 0 aromatic heterocycles. The molecule has 2 aromatic rings. The van der Waals surface area contributed by atoms with Crippen molar-refractivity contribution in [3.05, 3.63) is 65.2 Å². The molecular weight excluding hydrogens is 345 g/mol. The molecule has 0 unspecified atom stereocenters. The lowest BCUT2D eigenvalue weighted by molar-refractivity contribution is -0.136. The van der Waals surface area contributed by atoms with Gasteiger partial charge in [0.1, 0.15) is 6.61 Å². The molecule has 7 heteroatoms. The monoisotopic (exact) mass is 362 g/mol. The number of nitrogens with one attached hydrogen (secondary N) is 1. The van der Waals surface area contributed by atoms with E-state index in [0.29, 0.717) is 12.0 Å². The van der Waals surface area contributed by atoms with Crippen LogP contribution in [0.4, 0.5) is 23.7 Å². The van der Waals surface area contributed by atoms with Gasteiger partial charge in [-0.2, -0.15) is 13.2 Å². The number of benzene rings is 2. The van der Waals surface area contributed by atoms with Crippen molar-refractivity contribution >= 4 is 11.8 Å². The van der Waals surface area contributed by atoms with Crippen LogP contribution in [0.25, 0.3) is 0 Å². The van der Waals surface area contributed by atoms with Crippen molar-refractivity contribution in [1.29, 1.82) is 0 Å². The van der Waals surface area contributed by atoms with E-state index >= 15 is 0 Å². The van der Waals surface area contributed by atoms with Gasteiger partial charge in [0.2, 0.25) is 0 Å². The first-order valence-electron chi connectivity index (χ1n) is 7.76. The number of amides is 1. The highest BCUT2D eigenvalue weighted by Crippen LogP contribution is 2.33. The Morgan fingerprint density at radius 2 is 1.88 bits per heavy atom. The van der Waals surface area contributed by atoms with Gasteiger partial charge < -0.3 is 15.8 Å². The molecule has 26 heavy (non-hydrogen) atoms. The van der Waals surface area contributed by atoms with Crippen LogP contribution >= 0.6 is 0 Å². The SMILES string of the molecule is Nc1cc(C#CCCNC(=O)OCc2ccccc2)ccc1C(F)(F)F. The van der Waals surface area contributed by atoms with Crippen molar-refractivity contribution in [2.45, 2.75) is 19.2 Å². The smallest absolute Gasteiger partial charge is 0.418 e. The van der Waals surface area contributed by atoms with Gasteiger partial charge >= 0.3 is 12.3 Å². The molecule has 0 heterocycles. The second-order valence-corrected chi connectivity index (χ2v) is 5.34. The molecule has 0 saturated heterocycles. The molecule has 2 rings (SSSR count). The number of nitrogens with two attached hydrogens (primary N) is 1. The predicted molar refractivity (Wildman–Crippen MR) is 92.0 cm³/mol. The molecule has 136 valence electrons. The zero-order chi connectivity index (χ0) is 19.0. The van der Waals surface area contributed by atoms with Gasteiger partial charge in [-0.25, -0.2) is 4.79 Å². The Labute approximate surface area is 149 Å². The van der Waals surface area contributed by atoms with Crippen LogP contribution in [0.15, 0.2) is 48.5 Å². The second-order valence-electron chi connectivity index (χ2n) is 5.34. The van der Waals surface area contributed by atoms with Crippen LogP contribution in [-0.4, -0.2) is 12.6 Å². The van der Waals surface area contributed by atoms with Crippen LogP contribution in [0, 0.1) is 11.8 Å². The van der Waals surface area contributed by atoms with Gasteiger partial charge in [0.05, 0.1) is 5.56 Å². The van der Waals surface area contributed by atoms with Gasteiger partial charge in [0, 0.05) is 24.2 Å². The molecule has 3 N–H and O–H groups in total. The second kappa shape index (κ2) is 8.81. The predicted octanol–water partition coefficient (Wildman–Crippen LogP) is 3.96. The highest BCUT2D eigenvalue weighted by atomic mass is 19.4. The summed E-state index contributed by atoms with van der Waals surface area (Å²) in [7, 11) is 0. The third-order valence-corrected chi connectivity index (χ3v) is 3.32. The number of hydrogen-bond donors (Lipinski definition) is 2. The Balaban J connectivity index is 1.75. The number of rotatable bonds is 4. The van der Waals surface area contributed by atoms with Gasteiger partial charge in [-0.1, -0.05) is 42.2 Å². The van der Waals surface area contributed by atoms with Crippen LogP contribution in [0.5, 0.6) is 0 Å². The summed E-state index contributed by atoms with van der Waals surface area (Å²) in [6.07, 6.45) is -4.73. The molecule has 0 aliphatic carbocycles. The largest absolute Gasteiger partial charge is 0.445 e. The Hall–Kier alpha value is -3.14. The van der Waals surface area contributed by atoms with E-state index < -0.39 is 17.8 Å². The van der Waals surface area contributed by atoms with E-state index in [1.54, 1.807) is 0 Å². The van der Waals surface area contributed by atoms with Crippen molar-refractivity contribution in [3.8, 4) is 11.8 Å². The van der Waals surface area contributed by atoms with Gasteiger partial charge in [-0.15, -0.1) is 0 Å². The zero-order valence-electron chi connectivity index (χ0n) is 13.8. The number of carbonyl (C=O) groups excluding carboxylic acids is 1. The fraction of sp³-hybridized carbons (Fsp3) is 0.211. The van der Waals surface area contributed by atoms with E-state index in [9.17, 15) is 18.0 Å². The lowest BCUT2D eigenvalue weighted by atomic mass is 10.1. The topological polar surface area (TPSA) is 64.3 Å². The summed E-state index contributed by atoms with van der Waals surface area (Å²) in [6, 6.07) is 12.6. The van der Waals surface area contributed by atoms with Gasteiger partial charge in [0.25, 0.3) is 0 Å². The third kappa shape index (κ3) is 6.06. The molecule has 0 fully saturated rings. The normalized spacial score (nSPS) is 10.6. The molecule has 0 aliphatic heterocycles. The van der Waals surface area contributed by atoms with E-state index in [4.69, 9.17) is 10.5 Å². The van der Waals surface area contributed by atoms with Crippen LogP contribution in [-0.2, 0) is 17.5 Å². The average Bonchev–Trinajstić information content (AvgIpc) is 2.59. The molecule has 0 aliphatic rings. The maximum Gasteiger partial charge on any atom is 0.418 e. The lowest BCUT2D eigenvalue weighted by Gasteiger charge is -2.09. The average molecular weight is 362 g/mol. The van der Waals surface area contributed by atoms with E-state index in [1.807, 2.05) is 30.3 Å². The van der Waals surface area contributed by atoms with Crippen molar-refractivity contribution < 1.29 is 22.7 Å². The molecule has 2 aromatic carbocycles. The summed E-state index contributed by atoms with van der Waals surface area (Å²) in [5.74, 6) is 5.47. The molecule has 1 amide bonds. The standard InChI is InChI=1S/C19H17F3N2O2/c20-19(21,22)16-10-9-14(12-17(16)23)6-4-5-11-24-18(25)26-13-15-7-2-1-3-8-15/h1-3,7-10,12H,5,11,13,23H2,(H,24,25). The molecule has 0 radical (unpaired) electrons. The molecular formula is C19H17F3N2O2. The minimum atomic E-state index is -4.49. The zero-order valence-corrected chi connectivity index (χ0v) is 13.8. The minimum absolute atomic E-state index is 0.170. The number of anilines is 1. The fourth-order valence-corrected chi connectivity index (χ4v) is 2.06. The summed E-state index contributed by atoms with van der Waals surface area (Å²) < 4.78 is 42.9.